The highest BCUT2D eigenvalue weighted by Gasteiger charge is 2.15. The number of rotatable bonds is 5. The number of hydrogen-bond acceptors (Lipinski definition) is 1. The van der Waals surface area contributed by atoms with E-state index in [4.69, 9.17) is 0 Å². The van der Waals surface area contributed by atoms with Crippen LogP contribution < -0.4 is 5.32 Å². The zero-order valence-electron chi connectivity index (χ0n) is 7.90. The van der Waals surface area contributed by atoms with E-state index in [-0.39, 0.29) is 1.43 Å². The van der Waals surface area contributed by atoms with Crippen LogP contribution in [0.1, 0.15) is 41.0 Å². The van der Waals surface area contributed by atoms with Crippen molar-refractivity contribution in [1.29, 1.82) is 0 Å². The van der Waals surface area contributed by atoms with Crippen LogP contribution >= 0.6 is 0 Å². The molecule has 0 atom stereocenters. The van der Waals surface area contributed by atoms with Crippen molar-refractivity contribution in [2.45, 2.75) is 39.5 Å². The summed E-state index contributed by atoms with van der Waals surface area (Å²) in [5, 5.41) is 3.48. The molecule has 0 aromatic heterocycles. The zero-order valence-corrected chi connectivity index (χ0v) is 7.90. The molecule has 0 aliphatic heterocycles. The van der Waals surface area contributed by atoms with Gasteiger partial charge in [-0.3, -0.25) is 0 Å². The molecule has 1 aliphatic rings. The van der Waals surface area contributed by atoms with Crippen LogP contribution in [0.25, 0.3) is 0 Å². The maximum atomic E-state index is 3.48. The van der Waals surface area contributed by atoms with E-state index in [1.807, 2.05) is 0 Å². The van der Waals surface area contributed by atoms with Crippen LogP contribution in [0, 0.1) is 11.8 Å². The normalized spacial score (nSPS) is 18.8. The molecule has 0 bridgehead atoms. The monoisotopic (exact) mass is 157 g/mol. The fraction of sp³-hybridized carbons (Fsp3) is 1.00. The van der Waals surface area contributed by atoms with Gasteiger partial charge in [0, 0.05) is 1.43 Å². The van der Waals surface area contributed by atoms with Crippen molar-refractivity contribution >= 4 is 0 Å². The van der Waals surface area contributed by atoms with Gasteiger partial charge in [-0.25, -0.2) is 0 Å². The third-order valence-corrected chi connectivity index (χ3v) is 2.51. The lowest BCUT2D eigenvalue weighted by molar-refractivity contribution is 0.290. The van der Waals surface area contributed by atoms with Gasteiger partial charge in [-0.1, -0.05) is 33.1 Å². The summed E-state index contributed by atoms with van der Waals surface area (Å²) in [7, 11) is 0. The van der Waals surface area contributed by atoms with E-state index in [9.17, 15) is 0 Å². The SMILES string of the molecule is CC(C)CNCCC1CCC1.[HH]. The first-order valence-electron chi connectivity index (χ1n) is 4.99. The van der Waals surface area contributed by atoms with Gasteiger partial charge in [0.05, 0.1) is 0 Å². The third kappa shape index (κ3) is 3.76. The van der Waals surface area contributed by atoms with Gasteiger partial charge in [-0.2, -0.15) is 0 Å². The van der Waals surface area contributed by atoms with Gasteiger partial charge in [0.25, 0.3) is 0 Å². The average Bonchev–Trinajstić information content (AvgIpc) is 1.82. The summed E-state index contributed by atoms with van der Waals surface area (Å²) in [6.45, 7) is 6.95. The summed E-state index contributed by atoms with van der Waals surface area (Å²) >= 11 is 0. The van der Waals surface area contributed by atoms with Gasteiger partial charge in [0.1, 0.15) is 0 Å². The highest BCUT2D eigenvalue weighted by atomic mass is 14.8. The molecule has 11 heavy (non-hydrogen) atoms. The van der Waals surface area contributed by atoms with E-state index in [1.54, 1.807) is 0 Å². The highest BCUT2D eigenvalue weighted by Crippen LogP contribution is 2.28. The van der Waals surface area contributed by atoms with Crippen LogP contribution in [-0.2, 0) is 0 Å². The van der Waals surface area contributed by atoms with Gasteiger partial charge in [0.2, 0.25) is 0 Å². The summed E-state index contributed by atoms with van der Waals surface area (Å²) < 4.78 is 0. The summed E-state index contributed by atoms with van der Waals surface area (Å²) in [5.74, 6) is 1.87. The molecule has 1 fully saturated rings. The Morgan fingerprint density at radius 1 is 1.45 bits per heavy atom. The molecule has 0 aromatic rings. The van der Waals surface area contributed by atoms with Gasteiger partial charge >= 0.3 is 0 Å². The summed E-state index contributed by atoms with van der Waals surface area (Å²) in [6, 6.07) is 0. The lowest BCUT2D eigenvalue weighted by Gasteiger charge is -2.25. The van der Waals surface area contributed by atoms with Crippen molar-refractivity contribution in [3.05, 3.63) is 0 Å². The lowest BCUT2D eigenvalue weighted by atomic mass is 9.83. The van der Waals surface area contributed by atoms with E-state index < -0.39 is 0 Å². The summed E-state index contributed by atoms with van der Waals surface area (Å²) in [4.78, 5) is 0. The van der Waals surface area contributed by atoms with E-state index in [2.05, 4.69) is 19.2 Å². The molecule has 1 N–H and O–H groups in total. The first kappa shape index (κ1) is 9.05. The van der Waals surface area contributed by atoms with Crippen molar-refractivity contribution in [3.63, 3.8) is 0 Å². The molecule has 0 heterocycles. The number of hydrogen-bond donors (Lipinski definition) is 1. The molecule has 0 unspecified atom stereocenters. The molecule has 0 radical (unpaired) electrons. The Morgan fingerprint density at radius 2 is 2.18 bits per heavy atom. The van der Waals surface area contributed by atoms with Crippen LogP contribution in [-0.4, -0.2) is 13.1 Å². The third-order valence-electron chi connectivity index (χ3n) is 2.51. The Balaban J connectivity index is 0.00000121. The quantitative estimate of drug-likeness (QED) is 0.605. The van der Waals surface area contributed by atoms with Crippen LogP contribution in [0.5, 0.6) is 0 Å². The predicted octanol–water partition coefficient (Wildman–Crippen LogP) is 2.67. The molecule has 0 spiro atoms. The lowest BCUT2D eigenvalue weighted by Crippen LogP contribution is -2.24. The molecular weight excluding hydrogens is 134 g/mol. The second-order valence-electron chi connectivity index (χ2n) is 4.18. The van der Waals surface area contributed by atoms with Crippen LogP contribution in [0.3, 0.4) is 0 Å². The van der Waals surface area contributed by atoms with Crippen molar-refractivity contribution in [1.82, 2.24) is 5.32 Å². The molecule has 0 amide bonds. The largest absolute Gasteiger partial charge is 0.316 e. The fourth-order valence-electron chi connectivity index (χ4n) is 1.48. The standard InChI is InChI=1S/C10H21N.H2/c1-9(2)8-11-7-6-10-4-3-5-10;/h9-11H,3-8H2,1-2H3;1H. The molecule has 1 saturated carbocycles. The van der Waals surface area contributed by atoms with Gasteiger partial charge < -0.3 is 5.32 Å². The molecule has 1 rings (SSSR count). The van der Waals surface area contributed by atoms with E-state index in [0.717, 1.165) is 11.8 Å². The van der Waals surface area contributed by atoms with Crippen molar-refractivity contribution in [2.75, 3.05) is 13.1 Å². The predicted molar refractivity (Wildman–Crippen MR) is 51.8 cm³/mol. The van der Waals surface area contributed by atoms with Crippen molar-refractivity contribution in [3.8, 4) is 0 Å². The van der Waals surface area contributed by atoms with Crippen LogP contribution in [0.15, 0.2) is 0 Å². The Labute approximate surface area is 72.1 Å². The second kappa shape index (κ2) is 4.76. The van der Waals surface area contributed by atoms with Crippen molar-refractivity contribution in [2.24, 2.45) is 11.8 Å². The molecule has 1 heteroatoms. The van der Waals surface area contributed by atoms with Crippen LogP contribution in [0.4, 0.5) is 0 Å². The molecule has 0 saturated heterocycles. The summed E-state index contributed by atoms with van der Waals surface area (Å²) in [5.41, 5.74) is 0. The Kier molecular flexibility index (Phi) is 3.92. The first-order chi connectivity index (χ1) is 5.29. The average molecular weight is 157 g/mol. The topological polar surface area (TPSA) is 12.0 Å². The van der Waals surface area contributed by atoms with Gasteiger partial charge in [-0.05, 0) is 31.3 Å². The maximum Gasteiger partial charge on any atom is 0 e. The Morgan fingerprint density at radius 3 is 2.64 bits per heavy atom. The summed E-state index contributed by atoms with van der Waals surface area (Å²) in [6.07, 6.45) is 5.87. The smallest absolute Gasteiger partial charge is 0 e. The van der Waals surface area contributed by atoms with E-state index in [0.29, 0.717) is 0 Å². The minimum Gasteiger partial charge on any atom is -0.316 e. The maximum absolute atomic E-state index is 3.48. The zero-order chi connectivity index (χ0) is 8.10. The number of nitrogens with one attached hydrogen (secondary N) is 1. The van der Waals surface area contributed by atoms with Crippen molar-refractivity contribution < 1.29 is 1.43 Å². The van der Waals surface area contributed by atoms with Crippen LogP contribution in [0.2, 0.25) is 0 Å². The highest BCUT2D eigenvalue weighted by molar-refractivity contribution is 4.70. The van der Waals surface area contributed by atoms with E-state index in [1.165, 1.54) is 38.8 Å². The Hall–Kier alpha value is -0.0400. The van der Waals surface area contributed by atoms with Gasteiger partial charge in [0.15, 0.2) is 0 Å². The first-order valence-corrected chi connectivity index (χ1v) is 4.99. The minimum absolute atomic E-state index is 0. The molecule has 68 valence electrons. The molecule has 0 aromatic carbocycles. The molecule has 1 nitrogen and oxygen atoms in total. The Bertz CT molecular complexity index is 100. The van der Waals surface area contributed by atoms with Gasteiger partial charge in [-0.15, -0.1) is 0 Å². The fourth-order valence-corrected chi connectivity index (χ4v) is 1.48. The van der Waals surface area contributed by atoms with E-state index >= 15 is 0 Å². The minimum atomic E-state index is 0. The molecular formula is C10H23N. The molecule has 1 aliphatic carbocycles. The second-order valence-corrected chi connectivity index (χ2v) is 4.18.